The van der Waals surface area contributed by atoms with E-state index in [-0.39, 0.29) is 12.5 Å². The molecule has 1 saturated heterocycles. The lowest BCUT2D eigenvalue weighted by Gasteiger charge is -2.40. The normalized spacial score (nSPS) is 20.4. The van der Waals surface area contributed by atoms with E-state index in [4.69, 9.17) is 9.47 Å². The number of ether oxygens (including phenoxy) is 2. The summed E-state index contributed by atoms with van der Waals surface area (Å²) in [5.74, 6) is -0.189. The number of unbranched alkanes of at least 4 members (excludes halogenated alkanes) is 25. The van der Waals surface area contributed by atoms with Gasteiger partial charge in [-0.3, -0.25) is 4.79 Å². The highest BCUT2D eigenvalue weighted by atomic mass is 16.7. The molecule has 0 radical (unpaired) electrons. The Hall–Kier alpha value is -2.37. The van der Waals surface area contributed by atoms with Crippen LogP contribution in [0.15, 0.2) is 72.9 Å². The van der Waals surface area contributed by atoms with Crippen LogP contribution in [0.3, 0.4) is 0 Å². The molecule has 1 heterocycles. The Labute approximate surface area is 404 Å². The number of hydrogen-bond acceptors (Lipinski definition) is 8. The lowest BCUT2D eigenvalue weighted by molar-refractivity contribution is -0.302. The molecule has 6 N–H and O–H groups in total. The first kappa shape index (κ1) is 61.6. The predicted octanol–water partition coefficient (Wildman–Crippen LogP) is 12.9. The van der Waals surface area contributed by atoms with Crippen molar-refractivity contribution in [3.8, 4) is 0 Å². The summed E-state index contributed by atoms with van der Waals surface area (Å²) < 4.78 is 11.2. The molecule has 9 heteroatoms. The minimum absolute atomic E-state index is 0.189. The van der Waals surface area contributed by atoms with E-state index in [2.05, 4.69) is 79.9 Å². The van der Waals surface area contributed by atoms with Crippen LogP contribution in [0.1, 0.15) is 226 Å². The monoisotopic (exact) mass is 928 g/mol. The summed E-state index contributed by atoms with van der Waals surface area (Å²) in [7, 11) is 0. The molecule has 0 aromatic heterocycles. The molecule has 7 unspecified atom stereocenters. The zero-order valence-corrected chi connectivity index (χ0v) is 42.2. The number of allylic oxidation sites excluding steroid dienone is 11. The second kappa shape index (κ2) is 46.4. The van der Waals surface area contributed by atoms with E-state index in [0.29, 0.717) is 6.42 Å². The third-order valence-electron chi connectivity index (χ3n) is 12.5. The van der Waals surface area contributed by atoms with E-state index in [9.17, 15) is 30.3 Å². The highest BCUT2D eigenvalue weighted by Crippen LogP contribution is 2.23. The van der Waals surface area contributed by atoms with E-state index in [1.807, 2.05) is 6.08 Å². The van der Waals surface area contributed by atoms with Gasteiger partial charge in [0.05, 0.1) is 25.4 Å². The molecule has 0 aromatic carbocycles. The number of rotatable bonds is 45. The van der Waals surface area contributed by atoms with Gasteiger partial charge in [-0.05, 0) is 70.6 Å². The topological polar surface area (TPSA) is 149 Å². The van der Waals surface area contributed by atoms with Crippen LogP contribution < -0.4 is 5.32 Å². The summed E-state index contributed by atoms with van der Waals surface area (Å²) in [6, 6.07) is -0.824. The van der Waals surface area contributed by atoms with Crippen molar-refractivity contribution in [2.75, 3.05) is 13.2 Å². The second-order valence-corrected chi connectivity index (χ2v) is 18.6. The number of aliphatic hydroxyl groups excluding tert-OH is 5. The molecule has 1 amide bonds. The van der Waals surface area contributed by atoms with Gasteiger partial charge in [-0.2, -0.15) is 0 Å². The summed E-state index contributed by atoms with van der Waals surface area (Å²) in [4.78, 5) is 13.0. The second-order valence-electron chi connectivity index (χ2n) is 18.6. The van der Waals surface area contributed by atoms with Crippen molar-refractivity contribution in [3.63, 3.8) is 0 Å². The Morgan fingerprint density at radius 1 is 0.530 bits per heavy atom. The molecule has 382 valence electrons. The fourth-order valence-corrected chi connectivity index (χ4v) is 8.22. The number of aliphatic hydroxyl groups is 5. The van der Waals surface area contributed by atoms with Gasteiger partial charge in [0.1, 0.15) is 24.4 Å². The summed E-state index contributed by atoms with van der Waals surface area (Å²) in [5, 5.41) is 54.4. The molecule has 66 heavy (non-hydrogen) atoms. The largest absolute Gasteiger partial charge is 0.394 e. The Morgan fingerprint density at radius 3 is 1.45 bits per heavy atom. The Morgan fingerprint density at radius 2 is 0.955 bits per heavy atom. The third kappa shape index (κ3) is 35.7. The number of carbonyl (C=O) groups excluding carboxylic acids is 1. The van der Waals surface area contributed by atoms with Crippen molar-refractivity contribution < 1.29 is 39.8 Å². The maximum atomic E-state index is 13.0. The molecule has 0 aromatic rings. The zero-order valence-electron chi connectivity index (χ0n) is 42.2. The van der Waals surface area contributed by atoms with Crippen molar-refractivity contribution in [3.05, 3.63) is 72.9 Å². The SMILES string of the molecule is CC/C=C\C/C=C\C/C=C\C/C=C\CCCCCCCCCCCCCCCCC(=O)NC(COC1OC(CO)C(O)C(O)C1O)C(O)/C=C/CC/C=C/CCCCCCCCCCCC. The smallest absolute Gasteiger partial charge is 0.220 e. The summed E-state index contributed by atoms with van der Waals surface area (Å²) >= 11 is 0. The predicted molar refractivity (Wildman–Crippen MR) is 276 cm³/mol. The van der Waals surface area contributed by atoms with Crippen LogP contribution in [0, 0.1) is 0 Å². The van der Waals surface area contributed by atoms with E-state index >= 15 is 0 Å². The van der Waals surface area contributed by atoms with E-state index < -0.39 is 49.5 Å². The molecule has 0 spiro atoms. The average molecular weight is 928 g/mol. The minimum atomic E-state index is -1.57. The molecule has 9 nitrogen and oxygen atoms in total. The summed E-state index contributed by atoms with van der Waals surface area (Å²) in [5.41, 5.74) is 0. The lowest BCUT2D eigenvalue weighted by atomic mass is 9.99. The van der Waals surface area contributed by atoms with Gasteiger partial charge in [-0.25, -0.2) is 0 Å². The molecule has 7 atom stereocenters. The average Bonchev–Trinajstić information content (AvgIpc) is 3.32. The molecule has 1 fully saturated rings. The number of nitrogens with one attached hydrogen (secondary N) is 1. The van der Waals surface area contributed by atoms with Crippen LogP contribution in [0.25, 0.3) is 0 Å². The first-order valence-electron chi connectivity index (χ1n) is 27.2. The number of hydrogen-bond donors (Lipinski definition) is 6. The van der Waals surface area contributed by atoms with Crippen LogP contribution in [-0.4, -0.2) is 87.5 Å². The molecule has 1 rings (SSSR count). The fourth-order valence-electron chi connectivity index (χ4n) is 8.22. The van der Waals surface area contributed by atoms with Gasteiger partial charge >= 0.3 is 0 Å². The summed E-state index contributed by atoms with van der Waals surface area (Å²) in [6.45, 7) is 3.65. The van der Waals surface area contributed by atoms with Crippen LogP contribution >= 0.6 is 0 Å². The van der Waals surface area contributed by atoms with Gasteiger partial charge in [0.25, 0.3) is 0 Å². The fraction of sp³-hybridized carbons (Fsp3) is 0.772. The van der Waals surface area contributed by atoms with Gasteiger partial charge in [0.15, 0.2) is 6.29 Å². The maximum Gasteiger partial charge on any atom is 0.220 e. The van der Waals surface area contributed by atoms with Crippen molar-refractivity contribution in [1.29, 1.82) is 0 Å². The molecule has 0 saturated carbocycles. The zero-order chi connectivity index (χ0) is 48.0. The van der Waals surface area contributed by atoms with Crippen LogP contribution in [0.5, 0.6) is 0 Å². The van der Waals surface area contributed by atoms with Crippen LogP contribution in [-0.2, 0) is 14.3 Å². The van der Waals surface area contributed by atoms with Gasteiger partial charge in [-0.1, -0.05) is 222 Å². The van der Waals surface area contributed by atoms with Gasteiger partial charge in [0.2, 0.25) is 5.91 Å². The van der Waals surface area contributed by atoms with E-state index in [1.54, 1.807) is 6.08 Å². The minimum Gasteiger partial charge on any atom is -0.394 e. The van der Waals surface area contributed by atoms with E-state index in [1.165, 1.54) is 141 Å². The Bertz CT molecular complexity index is 1260. The van der Waals surface area contributed by atoms with Crippen molar-refractivity contribution in [2.24, 2.45) is 0 Å². The quantitative estimate of drug-likeness (QED) is 0.0261. The van der Waals surface area contributed by atoms with E-state index in [0.717, 1.165) is 64.2 Å². The molecule has 1 aliphatic rings. The van der Waals surface area contributed by atoms with Gasteiger partial charge < -0.3 is 40.3 Å². The maximum absolute atomic E-state index is 13.0. The van der Waals surface area contributed by atoms with Crippen LogP contribution in [0.4, 0.5) is 0 Å². The van der Waals surface area contributed by atoms with Crippen LogP contribution in [0.2, 0.25) is 0 Å². The Kier molecular flexibility index (Phi) is 43.3. The molecule has 1 aliphatic heterocycles. The summed E-state index contributed by atoms with van der Waals surface area (Å²) in [6.07, 6.45) is 56.7. The third-order valence-corrected chi connectivity index (χ3v) is 12.5. The van der Waals surface area contributed by atoms with Crippen molar-refractivity contribution in [1.82, 2.24) is 5.32 Å². The number of amides is 1. The molecular weight excluding hydrogens is 827 g/mol. The van der Waals surface area contributed by atoms with Crippen molar-refractivity contribution in [2.45, 2.75) is 269 Å². The van der Waals surface area contributed by atoms with Gasteiger partial charge in [0, 0.05) is 6.42 Å². The van der Waals surface area contributed by atoms with Crippen molar-refractivity contribution >= 4 is 5.91 Å². The van der Waals surface area contributed by atoms with Gasteiger partial charge in [-0.15, -0.1) is 0 Å². The molecule has 0 bridgehead atoms. The first-order valence-corrected chi connectivity index (χ1v) is 27.2. The standard InChI is InChI=1S/C57H101NO8/c1-3-5-7-9-11-13-15-17-19-21-22-23-24-25-26-27-28-29-30-31-33-35-37-39-41-43-45-47-53(61)58-50(49-65-57-56(64)55(63)54(62)52(48-59)66-57)51(60)46-44-42-40-38-36-34-32-20-18-16-14-12-10-8-6-4-2/h5,7,11,13,17,19,22-23,36,38,44,46,50-52,54-57,59-60,62-64H,3-4,6,8-10,12,14-16,18,20-21,24-35,37,39-43,45,47-49H2,1-2H3,(H,58,61)/b7-5-,13-11-,19-17-,23-22-,38-36+,46-44+. The molecular formula is C57H101NO8. The highest BCUT2D eigenvalue weighted by Gasteiger charge is 2.44. The highest BCUT2D eigenvalue weighted by molar-refractivity contribution is 5.76. The molecule has 0 aliphatic carbocycles. The first-order chi connectivity index (χ1) is 32.3. The number of carbonyl (C=O) groups is 1. The Balaban J connectivity index is 2.24. The lowest BCUT2D eigenvalue weighted by Crippen LogP contribution is -2.60.